The lowest BCUT2D eigenvalue weighted by Gasteiger charge is -2.25. The summed E-state index contributed by atoms with van der Waals surface area (Å²) in [4.78, 5) is 12.0. The van der Waals surface area contributed by atoms with Crippen molar-refractivity contribution in [2.45, 2.75) is 0 Å². The van der Waals surface area contributed by atoms with Crippen LogP contribution in [0.4, 0.5) is 0 Å². The molecule has 3 nitrogen and oxygen atoms in total. The van der Waals surface area contributed by atoms with Crippen LogP contribution in [-0.2, 0) is 9.47 Å². The summed E-state index contributed by atoms with van der Waals surface area (Å²) >= 11 is 0. The molecule has 3 rings (SSSR count). The van der Waals surface area contributed by atoms with E-state index < -0.39 is 0 Å². The van der Waals surface area contributed by atoms with Gasteiger partial charge in [-0.2, -0.15) is 0 Å². The van der Waals surface area contributed by atoms with Crippen LogP contribution in [0.5, 0.6) is 0 Å². The molecule has 1 aliphatic rings. The third kappa shape index (κ3) is 2.89. The zero-order valence-corrected chi connectivity index (χ0v) is 11.1. The van der Waals surface area contributed by atoms with Crippen LogP contribution in [0.15, 0.2) is 54.6 Å². The van der Waals surface area contributed by atoms with E-state index in [0.29, 0.717) is 31.3 Å². The molecular weight excluding hydrogens is 252 g/mol. The first-order chi connectivity index (χ1) is 9.83. The van der Waals surface area contributed by atoms with Crippen molar-refractivity contribution < 1.29 is 14.3 Å². The fraction of sp³-hybridized carbons (Fsp3) is 0.235. The summed E-state index contributed by atoms with van der Waals surface area (Å²) in [7, 11) is 0. The highest BCUT2D eigenvalue weighted by Gasteiger charge is 2.20. The molecule has 2 aromatic carbocycles. The number of benzene rings is 2. The molecule has 102 valence electrons. The second kappa shape index (κ2) is 5.88. The molecule has 1 fully saturated rings. The van der Waals surface area contributed by atoms with Gasteiger partial charge in [-0.15, -0.1) is 0 Å². The van der Waals surface area contributed by atoms with Crippen molar-refractivity contribution in [1.82, 2.24) is 0 Å². The topological polar surface area (TPSA) is 35.5 Å². The Kier molecular flexibility index (Phi) is 3.79. The van der Waals surface area contributed by atoms with Gasteiger partial charge in [0, 0.05) is 5.92 Å². The number of esters is 1. The Hall–Kier alpha value is -2.13. The predicted octanol–water partition coefficient (Wildman–Crippen LogP) is 3.16. The van der Waals surface area contributed by atoms with Crippen molar-refractivity contribution in [2.24, 2.45) is 5.92 Å². The Morgan fingerprint density at radius 3 is 2.50 bits per heavy atom. The van der Waals surface area contributed by atoms with E-state index in [0.717, 1.165) is 11.1 Å². The Bertz CT molecular complexity index is 588. The maximum Gasteiger partial charge on any atom is 0.338 e. The van der Waals surface area contributed by atoms with Gasteiger partial charge in [0.1, 0.15) is 0 Å². The molecule has 0 unspecified atom stereocenters. The van der Waals surface area contributed by atoms with Crippen LogP contribution in [0.25, 0.3) is 11.1 Å². The Labute approximate surface area is 118 Å². The van der Waals surface area contributed by atoms with E-state index in [2.05, 4.69) is 0 Å². The lowest BCUT2D eigenvalue weighted by molar-refractivity contribution is -0.0613. The monoisotopic (exact) mass is 268 g/mol. The van der Waals surface area contributed by atoms with Crippen LogP contribution in [-0.4, -0.2) is 25.8 Å². The van der Waals surface area contributed by atoms with Crippen LogP contribution in [0.2, 0.25) is 0 Å². The molecule has 0 spiro atoms. The van der Waals surface area contributed by atoms with Crippen molar-refractivity contribution in [3.63, 3.8) is 0 Å². The first-order valence-electron chi connectivity index (χ1n) is 6.73. The first kappa shape index (κ1) is 12.9. The predicted molar refractivity (Wildman–Crippen MR) is 76.5 cm³/mol. The van der Waals surface area contributed by atoms with Gasteiger partial charge in [0.05, 0.1) is 25.4 Å². The third-order valence-electron chi connectivity index (χ3n) is 3.36. The van der Waals surface area contributed by atoms with E-state index in [4.69, 9.17) is 9.47 Å². The van der Waals surface area contributed by atoms with E-state index in [-0.39, 0.29) is 5.97 Å². The van der Waals surface area contributed by atoms with E-state index in [1.807, 2.05) is 48.5 Å². The quantitative estimate of drug-likeness (QED) is 0.799. The van der Waals surface area contributed by atoms with Gasteiger partial charge in [-0.25, -0.2) is 4.79 Å². The molecule has 2 aromatic rings. The number of carbonyl (C=O) groups is 1. The number of rotatable bonds is 4. The standard InChI is InChI=1S/C17H16O3/c18-17(20-12-13-10-19-11-13)16-8-4-7-15(9-16)14-5-2-1-3-6-14/h1-9,13H,10-12H2. The number of carbonyl (C=O) groups excluding carboxylic acids is 1. The van der Waals surface area contributed by atoms with E-state index in [1.54, 1.807) is 6.07 Å². The number of hydrogen-bond donors (Lipinski definition) is 0. The van der Waals surface area contributed by atoms with Crippen molar-refractivity contribution in [1.29, 1.82) is 0 Å². The second-order valence-corrected chi connectivity index (χ2v) is 4.95. The van der Waals surface area contributed by atoms with Gasteiger partial charge in [-0.3, -0.25) is 0 Å². The highest BCUT2D eigenvalue weighted by molar-refractivity contribution is 5.91. The van der Waals surface area contributed by atoms with Gasteiger partial charge >= 0.3 is 5.97 Å². The van der Waals surface area contributed by atoms with Gasteiger partial charge < -0.3 is 9.47 Å². The number of ether oxygens (including phenoxy) is 2. The molecule has 0 N–H and O–H groups in total. The highest BCUT2D eigenvalue weighted by Crippen LogP contribution is 2.20. The number of hydrogen-bond acceptors (Lipinski definition) is 3. The smallest absolute Gasteiger partial charge is 0.338 e. The van der Waals surface area contributed by atoms with E-state index >= 15 is 0 Å². The van der Waals surface area contributed by atoms with E-state index in [9.17, 15) is 4.79 Å². The van der Waals surface area contributed by atoms with Gasteiger partial charge in [0.25, 0.3) is 0 Å². The normalized spacial score (nSPS) is 14.6. The van der Waals surface area contributed by atoms with Gasteiger partial charge in [-0.1, -0.05) is 42.5 Å². The summed E-state index contributed by atoms with van der Waals surface area (Å²) in [6.07, 6.45) is 0. The van der Waals surface area contributed by atoms with Crippen molar-refractivity contribution in [2.75, 3.05) is 19.8 Å². The van der Waals surface area contributed by atoms with Gasteiger partial charge in [-0.05, 0) is 23.3 Å². The molecule has 0 amide bonds. The van der Waals surface area contributed by atoms with Gasteiger partial charge in [0.2, 0.25) is 0 Å². The van der Waals surface area contributed by atoms with Crippen LogP contribution in [0.1, 0.15) is 10.4 Å². The SMILES string of the molecule is O=C(OCC1COC1)c1cccc(-c2ccccc2)c1. The molecule has 20 heavy (non-hydrogen) atoms. The summed E-state index contributed by atoms with van der Waals surface area (Å²) in [5.74, 6) is 0.0888. The fourth-order valence-corrected chi connectivity index (χ4v) is 2.11. The summed E-state index contributed by atoms with van der Waals surface area (Å²) in [5, 5.41) is 0. The molecule has 0 bridgehead atoms. The molecule has 0 saturated carbocycles. The minimum absolute atomic E-state index is 0.269. The average Bonchev–Trinajstić information content (AvgIpc) is 2.46. The van der Waals surface area contributed by atoms with Crippen LogP contribution in [0, 0.1) is 5.92 Å². The molecule has 3 heteroatoms. The third-order valence-corrected chi connectivity index (χ3v) is 3.36. The average molecular weight is 268 g/mol. The molecule has 0 aromatic heterocycles. The largest absolute Gasteiger partial charge is 0.462 e. The molecule has 1 saturated heterocycles. The van der Waals surface area contributed by atoms with Crippen LogP contribution in [0.3, 0.4) is 0 Å². The summed E-state index contributed by atoms with van der Waals surface area (Å²) in [6.45, 7) is 1.82. The first-order valence-corrected chi connectivity index (χ1v) is 6.73. The van der Waals surface area contributed by atoms with Crippen molar-refractivity contribution >= 4 is 5.97 Å². The van der Waals surface area contributed by atoms with Crippen molar-refractivity contribution in [3.8, 4) is 11.1 Å². The summed E-state index contributed by atoms with van der Waals surface area (Å²) in [6, 6.07) is 17.5. The molecule has 1 heterocycles. The molecule has 0 radical (unpaired) electrons. The Morgan fingerprint density at radius 1 is 1.05 bits per heavy atom. The lowest BCUT2D eigenvalue weighted by Crippen LogP contribution is -2.32. The molecule has 1 aliphatic heterocycles. The Balaban J connectivity index is 1.71. The Morgan fingerprint density at radius 2 is 1.80 bits per heavy atom. The minimum Gasteiger partial charge on any atom is -0.462 e. The molecular formula is C17H16O3. The highest BCUT2D eigenvalue weighted by atomic mass is 16.5. The lowest BCUT2D eigenvalue weighted by atomic mass is 10.0. The summed E-state index contributed by atoms with van der Waals surface area (Å²) < 4.78 is 10.4. The van der Waals surface area contributed by atoms with Crippen molar-refractivity contribution in [3.05, 3.63) is 60.2 Å². The van der Waals surface area contributed by atoms with E-state index in [1.165, 1.54) is 0 Å². The maximum absolute atomic E-state index is 12.0. The van der Waals surface area contributed by atoms with Crippen LogP contribution >= 0.6 is 0 Å². The van der Waals surface area contributed by atoms with Gasteiger partial charge in [0.15, 0.2) is 0 Å². The molecule has 0 atom stereocenters. The zero-order chi connectivity index (χ0) is 13.8. The maximum atomic E-state index is 12.0. The zero-order valence-electron chi connectivity index (χ0n) is 11.1. The summed E-state index contributed by atoms with van der Waals surface area (Å²) in [5.41, 5.74) is 2.70. The fourth-order valence-electron chi connectivity index (χ4n) is 2.11. The molecule has 0 aliphatic carbocycles. The minimum atomic E-state index is -0.269. The second-order valence-electron chi connectivity index (χ2n) is 4.95. The van der Waals surface area contributed by atoms with Crippen LogP contribution < -0.4 is 0 Å².